The lowest BCUT2D eigenvalue weighted by atomic mass is 9.93. The van der Waals surface area contributed by atoms with Gasteiger partial charge in [-0.05, 0) is 32.6 Å². The van der Waals surface area contributed by atoms with Gasteiger partial charge >= 0.3 is 0 Å². The third kappa shape index (κ3) is 3.01. The summed E-state index contributed by atoms with van der Waals surface area (Å²) in [6, 6.07) is 2.22. The molecule has 0 bridgehead atoms. The second-order valence-electron chi connectivity index (χ2n) is 5.69. The lowest BCUT2D eigenvalue weighted by molar-refractivity contribution is -0.132. The number of nitrogens with zero attached hydrogens (tertiary/aromatic N) is 3. The van der Waals surface area contributed by atoms with Crippen LogP contribution in [0.15, 0.2) is 4.52 Å². The summed E-state index contributed by atoms with van der Waals surface area (Å²) < 4.78 is 5.09. The summed E-state index contributed by atoms with van der Waals surface area (Å²) in [6.45, 7) is 7.42. The molecule has 1 saturated heterocycles. The fraction of sp³-hybridized carbons (Fsp3) is 0.667. The van der Waals surface area contributed by atoms with Crippen LogP contribution in [0.5, 0.6) is 0 Å². The van der Waals surface area contributed by atoms with Crippen LogP contribution in [-0.4, -0.2) is 29.1 Å². The van der Waals surface area contributed by atoms with Crippen molar-refractivity contribution in [1.29, 1.82) is 5.26 Å². The Balaban J connectivity index is 2.04. The quantitative estimate of drug-likeness (QED) is 0.850. The highest BCUT2D eigenvalue weighted by Crippen LogP contribution is 2.27. The van der Waals surface area contributed by atoms with E-state index in [4.69, 9.17) is 4.52 Å². The summed E-state index contributed by atoms with van der Waals surface area (Å²) >= 11 is 0. The van der Waals surface area contributed by atoms with E-state index in [9.17, 15) is 10.1 Å². The second-order valence-corrected chi connectivity index (χ2v) is 5.69. The molecule has 20 heavy (non-hydrogen) atoms. The number of carbonyl (C=O) groups is 1. The molecule has 5 heteroatoms. The molecule has 1 atom stereocenters. The topological polar surface area (TPSA) is 70.1 Å². The Morgan fingerprint density at radius 1 is 1.50 bits per heavy atom. The van der Waals surface area contributed by atoms with Crippen LogP contribution in [0.1, 0.15) is 49.1 Å². The van der Waals surface area contributed by atoms with Crippen molar-refractivity contribution in [2.45, 2.75) is 46.0 Å². The third-order valence-corrected chi connectivity index (χ3v) is 4.11. The van der Waals surface area contributed by atoms with Crippen molar-refractivity contribution in [2.75, 3.05) is 13.1 Å². The number of nitriles is 1. The molecule has 1 aliphatic rings. The molecule has 1 unspecified atom stereocenters. The summed E-state index contributed by atoms with van der Waals surface area (Å²) in [7, 11) is 0. The predicted octanol–water partition coefficient (Wildman–Crippen LogP) is 2.55. The first-order valence-electron chi connectivity index (χ1n) is 7.13. The van der Waals surface area contributed by atoms with Gasteiger partial charge in [-0.25, -0.2) is 0 Å². The first-order chi connectivity index (χ1) is 9.52. The zero-order valence-electron chi connectivity index (χ0n) is 12.3. The van der Waals surface area contributed by atoms with Crippen LogP contribution in [0, 0.1) is 31.1 Å². The van der Waals surface area contributed by atoms with Gasteiger partial charge in [-0.3, -0.25) is 4.79 Å². The number of amides is 1. The van der Waals surface area contributed by atoms with Crippen molar-refractivity contribution in [2.24, 2.45) is 5.92 Å². The maximum Gasteiger partial charge on any atom is 0.224 e. The minimum Gasteiger partial charge on any atom is -0.361 e. The van der Waals surface area contributed by atoms with Gasteiger partial charge in [-0.1, -0.05) is 12.1 Å². The van der Waals surface area contributed by atoms with Crippen molar-refractivity contribution in [3.8, 4) is 6.07 Å². The lowest BCUT2D eigenvalue weighted by Crippen LogP contribution is -2.38. The predicted molar refractivity (Wildman–Crippen MR) is 73.9 cm³/mol. The maximum atomic E-state index is 12.3. The largest absolute Gasteiger partial charge is 0.361 e. The van der Waals surface area contributed by atoms with Gasteiger partial charge in [0.1, 0.15) is 5.76 Å². The standard InChI is InChI=1S/C15H21N3O2/c1-10-4-6-18(7-5-10)14(19)8-13(9-16)15-11(2)17-20-12(15)3/h10,13H,4-8H2,1-3H3. The van der Waals surface area contributed by atoms with Gasteiger partial charge in [0.15, 0.2) is 0 Å². The van der Waals surface area contributed by atoms with Crippen LogP contribution < -0.4 is 0 Å². The van der Waals surface area contributed by atoms with E-state index in [1.54, 1.807) is 6.92 Å². The lowest BCUT2D eigenvalue weighted by Gasteiger charge is -2.30. The minimum atomic E-state index is -0.465. The Labute approximate surface area is 119 Å². The zero-order chi connectivity index (χ0) is 14.7. The summed E-state index contributed by atoms with van der Waals surface area (Å²) in [5.74, 6) is 0.916. The molecular formula is C15H21N3O2. The minimum absolute atomic E-state index is 0.0588. The number of likely N-dealkylation sites (tertiary alicyclic amines) is 1. The van der Waals surface area contributed by atoms with E-state index in [-0.39, 0.29) is 12.3 Å². The fourth-order valence-electron chi connectivity index (χ4n) is 2.76. The van der Waals surface area contributed by atoms with Crippen molar-refractivity contribution in [3.05, 3.63) is 17.0 Å². The summed E-state index contributed by atoms with van der Waals surface area (Å²) in [5, 5.41) is 13.2. The summed E-state index contributed by atoms with van der Waals surface area (Å²) in [6.07, 6.45) is 2.32. The normalized spacial score (nSPS) is 17.8. The van der Waals surface area contributed by atoms with E-state index >= 15 is 0 Å². The molecule has 5 nitrogen and oxygen atoms in total. The second kappa shape index (κ2) is 6.08. The van der Waals surface area contributed by atoms with Crippen LogP contribution in [0.25, 0.3) is 0 Å². The van der Waals surface area contributed by atoms with Crippen molar-refractivity contribution < 1.29 is 9.32 Å². The summed E-state index contributed by atoms with van der Waals surface area (Å²) in [4.78, 5) is 14.2. The number of rotatable bonds is 3. The van der Waals surface area contributed by atoms with Gasteiger partial charge in [0.2, 0.25) is 5.91 Å². The van der Waals surface area contributed by atoms with Gasteiger partial charge in [-0.2, -0.15) is 5.26 Å². The Morgan fingerprint density at radius 3 is 2.65 bits per heavy atom. The van der Waals surface area contributed by atoms with Crippen LogP contribution >= 0.6 is 0 Å². The van der Waals surface area contributed by atoms with Crippen molar-refractivity contribution in [1.82, 2.24) is 10.1 Å². The van der Waals surface area contributed by atoms with Crippen molar-refractivity contribution in [3.63, 3.8) is 0 Å². The Hall–Kier alpha value is -1.83. The Morgan fingerprint density at radius 2 is 2.15 bits per heavy atom. The highest BCUT2D eigenvalue weighted by molar-refractivity contribution is 5.77. The smallest absolute Gasteiger partial charge is 0.224 e. The van der Waals surface area contributed by atoms with Gasteiger partial charge in [0.25, 0.3) is 0 Å². The summed E-state index contributed by atoms with van der Waals surface area (Å²) in [5.41, 5.74) is 1.47. The molecule has 0 spiro atoms. The molecule has 108 valence electrons. The fourth-order valence-corrected chi connectivity index (χ4v) is 2.76. The van der Waals surface area contributed by atoms with Crippen LogP contribution in [-0.2, 0) is 4.79 Å². The van der Waals surface area contributed by atoms with E-state index in [2.05, 4.69) is 18.1 Å². The highest BCUT2D eigenvalue weighted by Gasteiger charge is 2.27. The van der Waals surface area contributed by atoms with E-state index in [0.717, 1.165) is 31.5 Å². The number of hydrogen-bond acceptors (Lipinski definition) is 4. The van der Waals surface area contributed by atoms with Gasteiger partial charge < -0.3 is 9.42 Å². The molecule has 0 aliphatic carbocycles. The average molecular weight is 275 g/mol. The SMILES string of the molecule is Cc1noc(C)c1C(C#N)CC(=O)N1CCC(C)CC1. The molecule has 2 heterocycles. The molecule has 1 fully saturated rings. The van der Waals surface area contributed by atoms with Gasteiger partial charge in [0, 0.05) is 25.1 Å². The van der Waals surface area contributed by atoms with Crippen LogP contribution in [0.2, 0.25) is 0 Å². The number of hydrogen-bond donors (Lipinski definition) is 0. The number of carbonyl (C=O) groups excluding carboxylic acids is 1. The Bertz CT molecular complexity index is 502. The molecule has 1 aliphatic heterocycles. The average Bonchev–Trinajstić information content (AvgIpc) is 2.76. The van der Waals surface area contributed by atoms with E-state index < -0.39 is 5.92 Å². The molecule has 0 radical (unpaired) electrons. The van der Waals surface area contributed by atoms with Crippen LogP contribution in [0.3, 0.4) is 0 Å². The van der Waals surface area contributed by atoms with Crippen molar-refractivity contribution >= 4 is 5.91 Å². The van der Waals surface area contributed by atoms with E-state index in [1.807, 2.05) is 11.8 Å². The molecule has 0 N–H and O–H groups in total. The number of aryl methyl sites for hydroxylation is 2. The molecule has 0 saturated carbocycles. The molecular weight excluding hydrogens is 254 g/mol. The zero-order valence-corrected chi connectivity index (χ0v) is 12.3. The molecule has 1 aromatic heterocycles. The number of piperidine rings is 1. The van der Waals surface area contributed by atoms with Gasteiger partial charge in [-0.15, -0.1) is 0 Å². The van der Waals surface area contributed by atoms with E-state index in [0.29, 0.717) is 17.4 Å². The first kappa shape index (κ1) is 14.6. The van der Waals surface area contributed by atoms with Crippen LogP contribution in [0.4, 0.5) is 0 Å². The van der Waals surface area contributed by atoms with Gasteiger partial charge in [0.05, 0.1) is 17.7 Å². The Kier molecular flexibility index (Phi) is 4.43. The molecule has 2 rings (SSSR count). The molecule has 1 aromatic rings. The molecule has 1 amide bonds. The molecule has 0 aromatic carbocycles. The highest BCUT2D eigenvalue weighted by atomic mass is 16.5. The number of aromatic nitrogens is 1. The van der Waals surface area contributed by atoms with E-state index in [1.165, 1.54) is 0 Å². The monoisotopic (exact) mass is 275 g/mol. The third-order valence-electron chi connectivity index (χ3n) is 4.11. The maximum absolute atomic E-state index is 12.3. The first-order valence-corrected chi connectivity index (χ1v) is 7.13.